The first-order valence-electron chi connectivity index (χ1n) is 4.85. The predicted octanol–water partition coefficient (Wildman–Crippen LogP) is 2.54. The van der Waals surface area contributed by atoms with E-state index < -0.39 is 5.97 Å². The lowest BCUT2D eigenvalue weighted by Gasteiger charge is -2.04. The zero-order valence-electron chi connectivity index (χ0n) is 8.76. The Morgan fingerprint density at radius 1 is 1.24 bits per heavy atom. The summed E-state index contributed by atoms with van der Waals surface area (Å²) in [6.45, 7) is 0. The van der Waals surface area contributed by atoms with E-state index in [0.717, 1.165) is 0 Å². The van der Waals surface area contributed by atoms with E-state index in [0.29, 0.717) is 10.8 Å². The number of pyridine rings is 1. The van der Waals surface area contributed by atoms with E-state index in [1.165, 1.54) is 6.07 Å². The van der Waals surface area contributed by atoms with Gasteiger partial charge in [-0.3, -0.25) is 0 Å². The largest absolute Gasteiger partial charge is 0.422 e. The molecule has 0 aliphatic carbocycles. The zero-order chi connectivity index (χ0) is 12.3. The first-order valence-corrected chi connectivity index (χ1v) is 5.23. The van der Waals surface area contributed by atoms with Gasteiger partial charge in [0.2, 0.25) is 0 Å². The van der Waals surface area contributed by atoms with E-state index in [1.54, 1.807) is 36.4 Å². The summed E-state index contributed by atoms with van der Waals surface area (Å²) >= 11 is 5.77. The maximum atomic E-state index is 11.7. The van der Waals surface area contributed by atoms with E-state index in [4.69, 9.17) is 22.1 Å². The molecule has 5 heteroatoms. The molecule has 1 aromatic carbocycles. The molecule has 0 amide bonds. The second-order valence-corrected chi connectivity index (χ2v) is 3.73. The van der Waals surface area contributed by atoms with Crippen LogP contribution in [0.5, 0.6) is 5.75 Å². The number of nitrogen functional groups attached to an aromatic ring is 1. The van der Waals surface area contributed by atoms with E-state index in [2.05, 4.69) is 4.98 Å². The number of ether oxygens (including phenoxy) is 1. The number of esters is 1. The molecule has 86 valence electrons. The Balaban J connectivity index is 2.17. The molecule has 4 nitrogen and oxygen atoms in total. The first kappa shape index (κ1) is 11.4. The number of hydrogen-bond donors (Lipinski definition) is 1. The number of nitrogens with zero attached hydrogens (tertiary/aromatic N) is 1. The molecule has 0 atom stereocenters. The summed E-state index contributed by atoms with van der Waals surface area (Å²) in [5.74, 6) is 0.0665. The fraction of sp³-hybridized carbons (Fsp3) is 0. The summed E-state index contributed by atoms with van der Waals surface area (Å²) in [5.41, 5.74) is 5.63. The van der Waals surface area contributed by atoms with Gasteiger partial charge in [0.25, 0.3) is 0 Å². The molecule has 0 saturated heterocycles. The Morgan fingerprint density at radius 3 is 2.71 bits per heavy atom. The van der Waals surface area contributed by atoms with Crippen LogP contribution >= 0.6 is 11.6 Å². The van der Waals surface area contributed by atoms with E-state index >= 15 is 0 Å². The smallest absolute Gasteiger partial charge is 0.362 e. The van der Waals surface area contributed by atoms with Gasteiger partial charge in [0.1, 0.15) is 11.6 Å². The van der Waals surface area contributed by atoms with Crippen LogP contribution in [0.4, 0.5) is 5.82 Å². The van der Waals surface area contributed by atoms with E-state index in [9.17, 15) is 4.79 Å². The monoisotopic (exact) mass is 248 g/mol. The fourth-order valence-corrected chi connectivity index (χ4v) is 1.44. The third kappa shape index (κ3) is 2.95. The Morgan fingerprint density at radius 2 is 2.00 bits per heavy atom. The second kappa shape index (κ2) is 4.84. The van der Waals surface area contributed by atoms with Crippen molar-refractivity contribution in [1.82, 2.24) is 4.98 Å². The number of carbonyl (C=O) groups excluding carboxylic acids is 1. The van der Waals surface area contributed by atoms with Gasteiger partial charge >= 0.3 is 5.97 Å². The molecule has 2 aromatic rings. The van der Waals surface area contributed by atoms with Crippen molar-refractivity contribution in [2.24, 2.45) is 0 Å². The summed E-state index contributed by atoms with van der Waals surface area (Å²) in [6, 6.07) is 11.3. The average Bonchev–Trinajstić information content (AvgIpc) is 2.29. The molecule has 0 fully saturated rings. The second-order valence-electron chi connectivity index (χ2n) is 3.29. The minimum absolute atomic E-state index is 0.157. The quantitative estimate of drug-likeness (QED) is 0.655. The average molecular weight is 249 g/mol. The van der Waals surface area contributed by atoms with Crippen LogP contribution < -0.4 is 10.5 Å². The van der Waals surface area contributed by atoms with Crippen molar-refractivity contribution in [2.75, 3.05) is 5.73 Å². The van der Waals surface area contributed by atoms with E-state index in [-0.39, 0.29) is 11.5 Å². The van der Waals surface area contributed by atoms with Crippen LogP contribution in [0.15, 0.2) is 42.5 Å². The summed E-state index contributed by atoms with van der Waals surface area (Å²) in [5, 5.41) is 0.496. The van der Waals surface area contributed by atoms with Crippen molar-refractivity contribution in [3.05, 3.63) is 53.2 Å². The maximum absolute atomic E-state index is 11.7. The number of rotatable bonds is 2. The van der Waals surface area contributed by atoms with Crippen molar-refractivity contribution in [3.8, 4) is 5.75 Å². The van der Waals surface area contributed by atoms with Crippen LogP contribution in [0.2, 0.25) is 5.02 Å². The van der Waals surface area contributed by atoms with Crippen LogP contribution in [0.3, 0.4) is 0 Å². The minimum Gasteiger partial charge on any atom is -0.422 e. The highest BCUT2D eigenvalue weighted by atomic mass is 35.5. The molecule has 17 heavy (non-hydrogen) atoms. The Labute approximate surface area is 103 Å². The first-order chi connectivity index (χ1) is 8.15. The summed E-state index contributed by atoms with van der Waals surface area (Å²) in [4.78, 5) is 15.6. The third-order valence-corrected chi connectivity index (χ3v) is 2.22. The van der Waals surface area contributed by atoms with Crippen LogP contribution in [0, 0.1) is 0 Å². The Hall–Kier alpha value is -2.07. The molecule has 0 radical (unpaired) electrons. The van der Waals surface area contributed by atoms with Gasteiger partial charge in [-0.05, 0) is 30.3 Å². The molecular formula is C12H9ClN2O2. The van der Waals surface area contributed by atoms with Crippen LogP contribution in [-0.2, 0) is 0 Å². The van der Waals surface area contributed by atoms with Gasteiger partial charge in [0.05, 0.1) is 0 Å². The van der Waals surface area contributed by atoms with E-state index in [1.807, 2.05) is 0 Å². The molecular weight excluding hydrogens is 240 g/mol. The standard InChI is InChI=1S/C12H9ClN2O2/c13-8-3-1-4-9(7-8)17-12(16)10-5-2-6-11(14)15-10/h1-7H,(H2,14,15). The SMILES string of the molecule is Nc1cccc(C(=O)Oc2cccc(Cl)c2)n1. The van der Waals surface area contributed by atoms with Gasteiger partial charge in [0, 0.05) is 5.02 Å². The molecule has 0 saturated carbocycles. The lowest BCUT2D eigenvalue weighted by atomic mass is 10.3. The third-order valence-electron chi connectivity index (χ3n) is 1.99. The van der Waals surface area contributed by atoms with Gasteiger partial charge in [-0.15, -0.1) is 0 Å². The van der Waals surface area contributed by atoms with Crippen molar-refractivity contribution < 1.29 is 9.53 Å². The number of carbonyl (C=O) groups is 1. The molecule has 0 aliphatic heterocycles. The van der Waals surface area contributed by atoms with Gasteiger partial charge in [-0.2, -0.15) is 0 Å². The van der Waals surface area contributed by atoms with Crippen molar-refractivity contribution in [3.63, 3.8) is 0 Å². The van der Waals surface area contributed by atoms with Crippen LogP contribution in [0.25, 0.3) is 0 Å². The van der Waals surface area contributed by atoms with Gasteiger partial charge in [-0.1, -0.05) is 23.7 Å². The van der Waals surface area contributed by atoms with Crippen molar-refractivity contribution >= 4 is 23.4 Å². The van der Waals surface area contributed by atoms with Gasteiger partial charge < -0.3 is 10.5 Å². The van der Waals surface area contributed by atoms with Crippen molar-refractivity contribution in [2.45, 2.75) is 0 Å². The fourth-order valence-electron chi connectivity index (χ4n) is 1.25. The summed E-state index contributed by atoms with van der Waals surface area (Å²) in [6.07, 6.45) is 0. The zero-order valence-corrected chi connectivity index (χ0v) is 9.52. The number of hydrogen-bond acceptors (Lipinski definition) is 4. The highest BCUT2D eigenvalue weighted by Crippen LogP contribution is 2.18. The number of halogens is 1. The highest BCUT2D eigenvalue weighted by Gasteiger charge is 2.10. The van der Waals surface area contributed by atoms with Gasteiger partial charge in [0.15, 0.2) is 5.69 Å². The normalized spacial score (nSPS) is 9.94. The topological polar surface area (TPSA) is 65.2 Å². The molecule has 0 bridgehead atoms. The molecule has 0 unspecified atom stereocenters. The maximum Gasteiger partial charge on any atom is 0.362 e. The summed E-state index contributed by atoms with van der Waals surface area (Å²) < 4.78 is 5.09. The highest BCUT2D eigenvalue weighted by molar-refractivity contribution is 6.30. The molecule has 0 aliphatic rings. The Kier molecular flexibility index (Phi) is 3.25. The van der Waals surface area contributed by atoms with Crippen LogP contribution in [0.1, 0.15) is 10.5 Å². The molecule has 1 heterocycles. The van der Waals surface area contributed by atoms with Crippen molar-refractivity contribution in [1.29, 1.82) is 0 Å². The Bertz CT molecular complexity index is 558. The lowest BCUT2D eigenvalue weighted by molar-refractivity contribution is 0.0729. The number of anilines is 1. The number of nitrogens with two attached hydrogens (primary N) is 1. The lowest BCUT2D eigenvalue weighted by Crippen LogP contribution is -2.11. The number of benzene rings is 1. The van der Waals surface area contributed by atoms with Gasteiger partial charge in [-0.25, -0.2) is 9.78 Å². The summed E-state index contributed by atoms with van der Waals surface area (Å²) in [7, 11) is 0. The predicted molar refractivity (Wildman–Crippen MR) is 65.1 cm³/mol. The molecule has 0 spiro atoms. The molecule has 2 rings (SSSR count). The molecule has 2 N–H and O–H groups in total. The minimum atomic E-state index is -0.570. The number of aromatic nitrogens is 1. The van der Waals surface area contributed by atoms with Crippen LogP contribution in [-0.4, -0.2) is 11.0 Å². The molecule has 1 aromatic heterocycles.